The van der Waals surface area contributed by atoms with Crippen LogP contribution in [0.25, 0.3) is 22.6 Å². The molecular weight excluding hydrogens is 244 g/mol. The molecular formula is C13H14N4S. The summed E-state index contributed by atoms with van der Waals surface area (Å²) in [5, 5.41) is 3.10. The van der Waals surface area contributed by atoms with Crippen LogP contribution in [-0.4, -0.2) is 14.5 Å². The Morgan fingerprint density at radius 3 is 2.83 bits per heavy atom. The number of imidazole rings is 1. The Kier molecular flexibility index (Phi) is 2.65. The summed E-state index contributed by atoms with van der Waals surface area (Å²) >= 11 is 1.64. The largest absolute Gasteiger partial charge is 0.326 e. The van der Waals surface area contributed by atoms with Crippen molar-refractivity contribution in [1.82, 2.24) is 14.5 Å². The average molecular weight is 258 g/mol. The van der Waals surface area contributed by atoms with Crippen LogP contribution >= 0.6 is 11.3 Å². The van der Waals surface area contributed by atoms with Gasteiger partial charge >= 0.3 is 0 Å². The maximum atomic E-state index is 5.67. The first-order valence-corrected chi connectivity index (χ1v) is 6.65. The minimum Gasteiger partial charge on any atom is -0.326 e. The van der Waals surface area contributed by atoms with E-state index in [1.807, 2.05) is 31.5 Å². The van der Waals surface area contributed by atoms with Gasteiger partial charge in [0, 0.05) is 19.0 Å². The molecule has 18 heavy (non-hydrogen) atoms. The fourth-order valence-electron chi connectivity index (χ4n) is 2.06. The quantitative estimate of drug-likeness (QED) is 0.768. The zero-order valence-electron chi connectivity index (χ0n) is 10.3. The maximum absolute atomic E-state index is 5.67. The van der Waals surface area contributed by atoms with Gasteiger partial charge in [0.1, 0.15) is 5.69 Å². The van der Waals surface area contributed by atoms with E-state index in [2.05, 4.69) is 20.6 Å². The summed E-state index contributed by atoms with van der Waals surface area (Å²) in [6.07, 6.45) is 0. The first-order chi connectivity index (χ1) is 8.69. The van der Waals surface area contributed by atoms with E-state index in [-0.39, 0.29) is 0 Å². The Hall–Kier alpha value is -1.72. The molecule has 0 bridgehead atoms. The molecule has 3 rings (SSSR count). The van der Waals surface area contributed by atoms with Crippen molar-refractivity contribution in [2.75, 3.05) is 0 Å². The third-order valence-electron chi connectivity index (χ3n) is 3.03. The van der Waals surface area contributed by atoms with Gasteiger partial charge in [-0.25, -0.2) is 9.97 Å². The molecule has 0 amide bonds. The second-order valence-corrected chi connectivity index (χ2v) is 5.34. The van der Waals surface area contributed by atoms with Crippen LogP contribution in [0.4, 0.5) is 0 Å². The molecule has 0 saturated heterocycles. The van der Waals surface area contributed by atoms with Gasteiger partial charge in [-0.1, -0.05) is 6.07 Å². The number of nitrogens with two attached hydrogens (primary N) is 1. The lowest BCUT2D eigenvalue weighted by Gasteiger charge is -2.00. The van der Waals surface area contributed by atoms with Crippen molar-refractivity contribution < 1.29 is 0 Å². The van der Waals surface area contributed by atoms with Gasteiger partial charge in [-0.3, -0.25) is 0 Å². The predicted octanol–water partition coefficient (Wildman–Crippen LogP) is 2.46. The number of benzene rings is 1. The van der Waals surface area contributed by atoms with Crippen molar-refractivity contribution in [3.8, 4) is 11.5 Å². The van der Waals surface area contributed by atoms with Crippen molar-refractivity contribution in [1.29, 1.82) is 0 Å². The van der Waals surface area contributed by atoms with Crippen molar-refractivity contribution >= 4 is 22.4 Å². The molecule has 0 unspecified atom stereocenters. The Morgan fingerprint density at radius 2 is 2.17 bits per heavy atom. The van der Waals surface area contributed by atoms with Crippen LogP contribution in [0.2, 0.25) is 0 Å². The molecule has 92 valence electrons. The van der Waals surface area contributed by atoms with E-state index in [0.29, 0.717) is 6.54 Å². The minimum absolute atomic E-state index is 0.548. The highest BCUT2D eigenvalue weighted by atomic mass is 32.1. The summed E-state index contributed by atoms with van der Waals surface area (Å²) in [5.41, 5.74) is 9.80. The van der Waals surface area contributed by atoms with Gasteiger partial charge in [0.2, 0.25) is 0 Å². The Morgan fingerprint density at radius 1 is 1.33 bits per heavy atom. The van der Waals surface area contributed by atoms with E-state index < -0.39 is 0 Å². The monoisotopic (exact) mass is 258 g/mol. The van der Waals surface area contributed by atoms with Crippen LogP contribution in [0.5, 0.6) is 0 Å². The summed E-state index contributed by atoms with van der Waals surface area (Å²) in [6, 6.07) is 6.12. The lowest BCUT2D eigenvalue weighted by atomic mass is 10.2. The number of aromatic nitrogens is 3. The van der Waals surface area contributed by atoms with E-state index in [0.717, 1.165) is 33.1 Å². The highest BCUT2D eigenvalue weighted by Crippen LogP contribution is 2.25. The molecule has 2 heterocycles. The zero-order chi connectivity index (χ0) is 12.7. The fraction of sp³-hybridized carbons (Fsp3) is 0.231. The second kappa shape index (κ2) is 4.19. The number of hydrogen-bond acceptors (Lipinski definition) is 4. The summed E-state index contributed by atoms with van der Waals surface area (Å²) in [6.45, 7) is 2.55. The molecule has 0 aliphatic heterocycles. The third kappa shape index (κ3) is 1.72. The number of fused-ring (bicyclic) bond motifs is 1. The van der Waals surface area contributed by atoms with Gasteiger partial charge in [-0.15, -0.1) is 11.3 Å². The topological polar surface area (TPSA) is 56.7 Å². The second-order valence-electron chi connectivity index (χ2n) is 4.27. The highest BCUT2D eigenvalue weighted by molar-refractivity contribution is 7.09. The lowest BCUT2D eigenvalue weighted by Crippen LogP contribution is -1.97. The molecule has 3 aromatic rings. The molecule has 0 aliphatic rings. The Balaban J connectivity index is 2.22. The summed E-state index contributed by atoms with van der Waals surface area (Å²) in [4.78, 5) is 9.13. The average Bonchev–Trinajstić information content (AvgIpc) is 2.94. The van der Waals surface area contributed by atoms with Gasteiger partial charge in [0.15, 0.2) is 5.82 Å². The van der Waals surface area contributed by atoms with Gasteiger partial charge in [-0.05, 0) is 24.6 Å². The van der Waals surface area contributed by atoms with Crippen LogP contribution in [-0.2, 0) is 13.6 Å². The maximum Gasteiger partial charge on any atom is 0.160 e. The normalized spacial score (nSPS) is 11.3. The van der Waals surface area contributed by atoms with E-state index in [9.17, 15) is 0 Å². The van der Waals surface area contributed by atoms with Crippen LogP contribution < -0.4 is 5.73 Å². The first kappa shape index (κ1) is 11.4. The van der Waals surface area contributed by atoms with Crippen molar-refractivity contribution in [2.45, 2.75) is 13.5 Å². The van der Waals surface area contributed by atoms with Crippen molar-refractivity contribution in [2.24, 2.45) is 12.8 Å². The number of nitrogens with zero attached hydrogens (tertiary/aromatic N) is 3. The third-order valence-corrected chi connectivity index (χ3v) is 3.80. The number of aryl methyl sites for hydroxylation is 2. The smallest absolute Gasteiger partial charge is 0.160 e. The van der Waals surface area contributed by atoms with E-state index in [1.165, 1.54) is 0 Å². The van der Waals surface area contributed by atoms with Crippen LogP contribution in [0.15, 0.2) is 23.6 Å². The minimum atomic E-state index is 0.548. The highest BCUT2D eigenvalue weighted by Gasteiger charge is 2.12. The van der Waals surface area contributed by atoms with Gasteiger partial charge in [-0.2, -0.15) is 0 Å². The molecule has 4 nitrogen and oxygen atoms in total. The molecule has 1 aromatic carbocycles. The summed E-state index contributed by atoms with van der Waals surface area (Å²) in [7, 11) is 2.01. The molecule has 0 radical (unpaired) electrons. The molecule has 2 aromatic heterocycles. The first-order valence-electron chi connectivity index (χ1n) is 5.77. The predicted molar refractivity (Wildman–Crippen MR) is 74.5 cm³/mol. The molecule has 5 heteroatoms. The summed E-state index contributed by atoms with van der Waals surface area (Å²) < 4.78 is 2.07. The molecule has 0 aliphatic carbocycles. The molecule has 0 atom stereocenters. The Labute approximate surface area is 109 Å². The van der Waals surface area contributed by atoms with Crippen molar-refractivity contribution in [3.05, 3.63) is 34.2 Å². The SMILES string of the molecule is Cc1nc(-c2nc3ccc(CN)cc3n2C)cs1. The van der Waals surface area contributed by atoms with Crippen LogP contribution in [0.1, 0.15) is 10.6 Å². The number of thiazole rings is 1. The molecule has 0 fully saturated rings. The molecule has 0 spiro atoms. The van der Waals surface area contributed by atoms with Gasteiger partial charge in [0.25, 0.3) is 0 Å². The number of hydrogen-bond donors (Lipinski definition) is 1. The van der Waals surface area contributed by atoms with Gasteiger partial charge < -0.3 is 10.3 Å². The van der Waals surface area contributed by atoms with E-state index in [1.54, 1.807) is 11.3 Å². The van der Waals surface area contributed by atoms with E-state index >= 15 is 0 Å². The van der Waals surface area contributed by atoms with Crippen LogP contribution in [0, 0.1) is 6.92 Å². The molecule has 0 saturated carbocycles. The summed E-state index contributed by atoms with van der Waals surface area (Å²) in [5.74, 6) is 0.906. The molecule has 2 N–H and O–H groups in total. The Bertz CT molecular complexity index is 711. The van der Waals surface area contributed by atoms with Crippen LogP contribution in [0.3, 0.4) is 0 Å². The standard InChI is InChI=1S/C13H14N4S/c1-8-15-11(7-18-8)13-16-10-4-3-9(6-14)5-12(10)17(13)2/h3-5,7H,6,14H2,1-2H3. The number of rotatable bonds is 2. The van der Waals surface area contributed by atoms with E-state index in [4.69, 9.17) is 5.73 Å². The van der Waals surface area contributed by atoms with Crippen molar-refractivity contribution in [3.63, 3.8) is 0 Å². The zero-order valence-corrected chi connectivity index (χ0v) is 11.2. The van der Waals surface area contributed by atoms with Gasteiger partial charge in [0.05, 0.1) is 16.0 Å². The lowest BCUT2D eigenvalue weighted by molar-refractivity contribution is 0.949. The fourth-order valence-corrected chi connectivity index (χ4v) is 2.65.